The van der Waals surface area contributed by atoms with Gasteiger partial charge in [0, 0.05) is 161 Å². The number of nitrogens with zero attached hydrogens (tertiary/aromatic N) is 7. The van der Waals surface area contributed by atoms with Gasteiger partial charge in [-0.25, -0.2) is 42.0 Å². The number of rotatable bonds is 10. The molecule has 28 heteroatoms. The molecule has 4 N–H and O–H groups in total. The monoisotopic (exact) mass is 1280 g/mol. The Morgan fingerprint density at radius 3 is 1.22 bits per heavy atom. The lowest BCUT2D eigenvalue weighted by Gasteiger charge is -2.31. The van der Waals surface area contributed by atoms with Gasteiger partial charge in [-0.3, -0.25) is 14.4 Å². The van der Waals surface area contributed by atoms with Gasteiger partial charge in [-0.1, -0.05) is 0 Å². The van der Waals surface area contributed by atoms with Crippen molar-refractivity contribution < 1.29 is 72.6 Å². The van der Waals surface area contributed by atoms with Gasteiger partial charge in [0.2, 0.25) is 30.1 Å². The lowest BCUT2D eigenvalue weighted by molar-refractivity contribution is -0.206. The number of halogens is 3. The number of fused-ring (bicyclic) bond motifs is 9. The number of aromatic nitrogens is 3. The summed E-state index contributed by atoms with van der Waals surface area (Å²) in [4.78, 5) is 57.1. The first-order valence-electron chi connectivity index (χ1n) is 30.1. The molecule has 3 saturated heterocycles. The molecular weight excluding hydrogens is 1210 g/mol. The molecule has 478 valence electrons. The van der Waals surface area contributed by atoms with Crippen LogP contribution in [0.1, 0.15) is 124 Å². The highest BCUT2D eigenvalue weighted by Crippen LogP contribution is 2.36. The van der Waals surface area contributed by atoms with Crippen LogP contribution in [0.4, 0.5) is 13.2 Å². The predicted octanol–water partition coefficient (Wildman–Crippen LogP) is 4.70. The summed E-state index contributed by atoms with van der Waals surface area (Å²) in [5.41, 5.74) is 8.57. The number of ether oxygens (including phenoxy) is 1. The molecule has 0 saturated carbocycles. The molecule has 12 rings (SSSR count). The maximum atomic E-state index is 13.1. The van der Waals surface area contributed by atoms with Crippen LogP contribution in [0.15, 0.2) is 54.6 Å². The van der Waals surface area contributed by atoms with E-state index in [-0.39, 0.29) is 73.1 Å². The minimum absolute atomic E-state index is 0.0352. The third-order valence-corrected chi connectivity index (χ3v) is 22.8. The molecule has 0 aliphatic carbocycles. The van der Waals surface area contributed by atoms with E-state index in [1.807, 2.05) is 19.2 Å². The van der Waals surface area contributed by atoms with Gasteiger partial charge in [0.25, 0.3) is 17.7 Å². The Kier molecular flexibility index (Phi) is 19.0. The van der Waals surface area contributed by atoms with Gasteiger partial charge in [-0.05, 0) is 125 Å². The van der Waals surface area contributed by atoms with Crippen molar-refractivity contribution >= 4 is 86.5 Å². The molecule has 3 fully saturated rings. The molecular formula is C60H76F3N9O13S3. The van der Waals surface area contributed by atoms with Gasteiger partial charge >= 0.3 is 12.1 Å². The highest BCUT2D eigenvalue weighted by atomic mass is 32.2. The number of carbonyl (C=O) groups is 4. The normalized spacial score (nSPS) is 18.5. The van der Waals surface area contributed by atoms with Crippen LogP contribution >= 0.6 is 0 Å². The highest BCUT2D eigenvalue weighted by molar-refractivity contribution is 7.90. The number of alkyl halides is 3. The van der Waals surface area contributed by atoms with Gasteiger partial charge in [-0.2, -0.15) is 13.2 Å². The topological polar surface area (TPSA) is 272 Å². The fourth-order valence-electron chi connectivity index (χ4n) is 12.8. The minimum atomic E-state index is -5.04. The Hall–Kier alpha value is -6.40. The molecule has 0 bridgehead atoms. The number of esters is 1. The molecule has 9 heterocycles. The first-order valence-corrected chi connectivity index (χ1v) is 34.9. The number of amides is 3. The zero-order valence-corrected chi connectivity index (χ0v) is 52.2. The number of aliphatic hydroxyl groups is 2. The summed E-state index contributed by atoms with van der Waals surface area (Å²) in [6, 6.07) is 15.5. The van der Waals surface area contributed by atoms with Gasteiger partial charge in [0.05, 0.1) is 46.0 Å². The third kappa shape index (κ3) is 13.0. The number of likely N-dealkylation sites (tertiary alicyclic amines) is 3. The second kappa shape index (κ2) is 25.8. The second-order valence-electron chi connectivity index (χ2n) is 23.2. The predicted molar refractivity (Wildman–Crippen MR) is 325 cm³/mol. The quantitative estimate of drug-likeness (QED) is 0.135. The molecule has 3 aromatic carbocycles. The van der Waals surface area contributed by atoms with Crippen LogP contribution in [0.3, 0.4) is 0 Å². The van der Waals surface area contributed by atoms with E-state index in [9.17, 15) is 67.8 Å². The molecule has 88 heavy (non-hydrogen) atoms. The number of hydrogen-bond donors (Lipinski definition) is 4. The van der Waals surface area contributed by atoms with Crippen LogP contribution in [-0.2, 0) is 78.5 Å². The summed E-state index contributed by atoms with van der Waals surface area (Å²) in [6.45, 7) is 11.3. The molecule has 0 atom stereocenters. The Balaban J connectivity index is 0.000000147. The highest BCUT2D eigenvalue weighted by Gasteiger charge is 2.43. The van der Waals surface area contributed by atoms with Crippen molar-refractivity contribution in [3.63, 3.8) is 0 Å². The van der Waals surface area contributed by atoms with Crippen LogP contribution in [0, 0.1) is 0 Å². The summed E-state index contributed by atoms with van der Waals surface area (Å²) in [5.74, 6) is -2.62. The largest absolute Gasteiger partial charge is 0.490 e. The number of piperidine rings is 3. The first-order chi connectivity index (χ1) is 41.8. The Bertz CT molecular complexity index is 4030. The minimum Gasteiger partial charge on any atom is -0.456 e. The van der Waals surface area contributed by atoms with Gasteiger partial charge in [0.15, 0.2) is 0 Å². The molecule has 3 amide bonds. The van der Waals surface area contributed by atoms with Gasteiger partial charge < -0.3 is 45.2 Å². The van der Waals surface area contributed by atoms with Crippen LogP contribution in [0.5, 0.6) is 0 Å². The number of benzene rings is 3. The average molecular weight is 1280 g/mol. The maximum Gasteiger partial charge on any atom is 0.490 e. The smallest absolute Gasteiger partial charge is 0.456 e. The SMILES string of the molecule is CCS(=O)(=O)n1c2c(c3cc(C(=O)N4CCC(O)CC4)ccc31)CN(C)CC2.CCS(=O)(=O)n1c2c(c3cc(C(=O)N4CCC(O)CC4)ccc31)CNCC2.CCS(=O)(=O)n1c2c(c3cc(C(=O)N4CCC(OC(=O)C(F)(F)F)CC4)ccc31)CNCC2. The Labute approximate surface area is 509 Å². The van der Waals surface area contributed by atoms with Crippen molar-refractivity contribution in [3.8, 4) is 0 Å². The number of aliphatic hydroxyl groups excluding tert-OH is 2. The summed E-state index contributed by atoms with van der Waals surface area (Å²) >= 11 is 0. The van der Waals surface area contributed by atoms with E-state index in [2.05, 4.69) is 20.3 Å². The number of carbonyl (C=O) groups excluding carboxylic acids is 4. The maximum absolute atomic E-state index is 13.1. The summed E-state index contributed by atoms with van der Waals surface area (Å²) < 4.78 is 122. The van der Waals surface area contributed by atoms with E-state index < -0.39 is 48.3 Å². The Morgan fingerprint density at radius 2 is 0.864 bits per heavy atom. The van der Waals surface area contributed by atoms with Crippen molar-refractivity contribution in [3.05, 3.63) is 105 Å². The molecule has 6 aliphatic heterocycles. The summed E-state index contributed by atoms with van der Waals surface area (Å²) in [5, 5.41) is 28.2. The molecule has 3 aromatic heterocycles. The number of nitrogens with one attached hydrogen (secondary N) is 2. The zero-order valence-electron chi connectivity index (χ0n) is 49.8. The van der Waals surface area contributed by atoms with E-state index in [1.54, 1.807) is 73.0 Å². The average Bonchev–Trinajstić information content (AvgIpc) is 1.74. The van der Waals surface area contributed by atoms with E-state index in [0.29, 0.717) is 136 Å². The molecule has 22 nitrogen and oxygen atoms in total. The van der Waals surface area contributed by atoms with E-state index >= 15 is 0 Å². The molecule has 6 aromatic rings. The molecule has 0 radical (unpaired) electrons. The van der Waals surface area contributed by atoms with E-state index in [1.165, 1.54) is 16.8 Å². The van der Waals surface area contributed by atoms with Crippen LogP contribution in [-0.4, -0.2) is 198 Å². The van der Waals surface area contributed by atoms with Crippen LogP contribution in [0.25, 0.3) is 32.7 Å². The van der Waals surface area contributed by atoms with E-state index in [4.69, 9.17) is 0 Å². The fourth-order valence-corrected chi connectivity index (χ4v) is 16.5. The number of hydrogen-bond acceptors (Lipinski definition) is 16. The van der Waals surface area contributed by atoms with Crippen molar-refractivity contribution in [1.82, 2.24) is 42.2 Å². The fraction of sp³-hybridized carbons (Fsp3) is 0.533. The number of likely N-dealkylation sites (N-methyl/N-ethyl adjacent to an activating group) is 1. The van der Waals surface area contributed by atoms with Gasteiger partial charge in [-0.15, -0.1) is 0 Å². The Morgan fingerprint density at radius 1 is 0.523 bits per heavy atom. The summed E-state index contributed by atoms with van der Waals surface area (Å²) in [7, 11) is -8.35. The lowest BCUT2D eigenvalue weighted by Crippen LogP contribution is -2.42. The van der Waals surface area contributed by atoms with Crippen molar-refractivity contribution in [2.45, 2.75) is 123 Å². The standard InChI is InChI=1S/C21H24F3N3O5S.C20H27N3O4S.C19H25N3O4S/c1-2-33(30,31)27-17-4-3-13(11-15(17)16-12-25-8-5-18(16)27)19(28)26-9-6-14(7-10-26)32-20(29)21(22,23)24;1-3-28(26,27)23-18-5-4-14(20(25)22-10-6-15(24)7-11-22)12-16(18)17-13-21(2)9-8-19(17)23;1-2-27(25,26)22-17-4-3-13(19(24)21-9-6-14(23)7-10-21)11-15(17)16-12-20-8-5-18(16)22/h3-4,11,14,25H,2,5-10,12H2,1H3;4-5,12,15,24H,3,6-11,13H2,1-2H3;3-4,11,14,20,23H,2,5-10,12H2,1H3. The molecule has 6 aliphatic rings. The zero-order chi connectivity index (χ0) is 63.2. The lowest BCUT2D eigenvalue weighted by atomic mass is 10.0. The summed E-state index contributed by atoms with van der Waals surface area (Å²) in [6.07, 6.45) is -2.11. The third-order valence-electron chi connectivity index (χ3n) is 17.6. The van der Waals surface area contributed by atoms with Gasteiger partial charge in [0.1, 0.15) is 6.10 Å². The first kappa shape index (κ1) is 64.6. The molecule has 0 spiro atoms. The van der Waals surface area contributed by atoms with Crippen LogP contribution < -0.4 is 10.6 Å². The molecule has 0 unspecified atom stereocenters. The van der Waals surface area contributed by atoms with Crippen molar-refractivity contribution in [2.24, 2.45) is 0 Å². The van der Waals surface area contributed by atoms with Crippen molar-refractivity contribution in [1.29, 1.82) is 0 Å². The van der Waals surface area contributed by atoms with E-state index in [0.717, 1.165) is 57.6 Å². The van der Waals surface area contributed by atoms with Crippen molar-refractivity contribution in [2.75, 3.05) is 83.2 Å². The second-order valence-corrected chi connectivity index (χ2v) is 29.6. The van der Waals surface area contributed by atoms with Crippen LogP contribution in [0.2, 0.25) is 0 Å².